The first-order chi connectivity index (χ1) is 14.7. The summed E-state index contributed by atoms with van der Waals surface area (Å²) in [6.07, 6.45) is 0. The third-order valence-electron chi connectivity index (χ3n) is 4.10. The van der Waals surface area contributed by atoms with Gasteiger partial charge in [-0.05, 0) is 37.1 Å². The number of aromatic nitrogens is 2. The first kappa shape index (κ1) is 21.2. The number of benzene rings is 2. The van der Waals surface area contributed by atoms with Gasteiger partial charge in [-0.1, -0.05) is 6.07 Å². The number of anilines is 1. The van der Waals surface area contributed by atoms with Crippen LogP contribution in [0.4, 0.5) is 17.1 Å². The molecule has 0 fully saturated rings. The van der Waals surface area contributed by atoms with E-state index in [0.717, 1.165) is 17.2 Å². The molecule has 1 aromatic heterocycles. The molecule has 2 N–H and O–H groups in total. The van der Waals surface area contributed by atoms with Crippen LogP contribution in [0.15, 0.2) is 36.4 Å². The molecule has 12 nitrogen and oxygen atoms in total. The Morgan fingerprint density at radius 1 is 1.00 bits per heavy atom. The minimum atomic E-state index is -0.930. The van der Waals surface area contributed by atoms with Crippen LogP contribution < -0.4 is 14.8 Å². The number of aryl methyl sites for hydroxylation is 2. The Labute approximate surface area is 175 Å². The number of hydrogen-bond acceptors (Lipinski definition) is 8. The van der Waals surface area contributed by atoms with Crippen LogP contribution in [0, 0.1) is 34.1 Å². The molecule has 3 rings (SSSR count). The fourth-order valence-electron chi connectivity index (χ4n) is 2.93. The normalized spacial score (nSPS) is 10.4. The molecular formula is C19H17N5O7. The zero-order chi connectivity index (χ0) is 22.7. The molecule has 2 aromatic carbocycles. The topological polar surface area (TPSA) is 163 Å². The maximum absolute atomic E-state index is 12.6. The highest BCUT2D eigenvalue weighted by Crippen LogP contribution is 2.32. The number of non-ortho nitro benzene ring substituents is 1. The molecule has 0 saturated heterocycles. The number of nitrogens with zero attached hydrogens (tertiary/aromatic N) is 3. The number of nitrogens with one attached hydrogen (secondary N) is 2. The first-order valence-corrected chi connectivity index (χ1v) is 8.81. The van der Waals surface area contributed by atoms with E-state index in [1.165, 1.54) is 19.2 Å². The van der Waals surface area contributed by atoms with E-state index >= 15 is 0 Å². The number of hydrogen-bond donors (Lipinski definition) is 2. The fraction of sp³-hybridized carbons (Fsp3) is 0.158. The maximum atomic E-state index is 12.6. The molecule has 1 heterocycles. The van der Waals surface area contributed by atoms with Crippen molar-refractivity contribution in [2.75, 3.05) is 12.4 Å². The van der Waals surface area contributed by atoms with Gasteiger partial charge < -0.3 is 14.8 Å². The van der Waals surface area contributed by atoms with E-state index in [4.69, 9.17) is 9.47 Å². The average Bonchev–Trinajstić information content (AvgIpc) is 3.11. The zero-order valence-electron chi connectivity index (χ0n) is 16.7. The summed E-state index contributed by atoms with van der Waals surface area (Å²) in [6, 6.07) is 9.12. The van der Waals surface area contributed by atoms with Crippen molar-refractivity contribution in [1.29, 1.82) is 0 Å². The summed E-state index contributed by atoms with van der Waals surface area (Å²) in [5, 5.41) is 30.8. The number of aromatic amines is 1. The summed E-state index contributed by atoms with van der Waals surface area (Å²) >= 11 is 0. The van der Waals surface area contributed by atoms with Crippen molar-refractivity contribution in [3.8, 4) is 17.4 Å². The second-order valence-corrected chi connectivity index (χ2v) is 6.57. The first-order valence-electron chi connectivity index (χ1n) is 8.81. The van der Waals surface area contributed by atoms with Crippen LogP contribution in [0.5, 0.6) is 17.4 Å². The Morgan fingerprint density at radius 3 is 2.23 bits per heavy atom. The number of H-pyrrole nitrogens is 1. The summed E-state index contributed by atoms with van der Waals surface area (Å²) in [7, 11) is 1.17. The number of methoxy groups -OCH3 is 1. The van der Waals surface area contributed by atoms with Crippen molar-refractivity contribution in [3.63, 3.8) is 0 Å². The van der Waals surface area contributed by atoms with Crippen LogP contribution in [0.1, 0.15) is 21.6 Å². The third kappa shape index (κ3) is 4.75. The van der Waals surface area contributed by atoms with Crippen LogP contribution in [0.3, 0.4) is 0 Å². The number of carbonyl (C=O) groups excluding carboxylic acids is 1. The van der Waals surface area contributed by atoms with Crippen molar-refractivity contribution in [1.82, 2.24) is 10.2 Å². The van der Waals surface area contributed by atoms with Gasteiger partial charge in [0.05, 0.1) is 28.7 Å². The molecular weight excluding hydrogens is 410 g/mol. The van der Waals surface area contributed by atoms with Gasteiger partial charge in [-0.25, -0.2) is 0 Å². The van der Waals surface area contributed by atoms with Crippen molar-refractivity contribution < 1.29 is 24.1 Å². The molecule has 1 amide bonds. The minimum absolute atomic E-state index is 0.00133. The van der Waals surface area contributed by atoms with E-state index in [2.05, 4.69) is 15.5 Å². The molecule has 0 unspecified atom stereocenters. The number of ether oxygens (including phenoxy) is 2. The summed E-state index contributed by atoms with van der Waals surface area (Å²) in [4.78, 5) is 33.7. The molecule has 0 aliphatic heterocycles. The molecule has 0 saturated carbocycles. The average molecular weight is 427 g/mol. The summed E-state index contributed by atoms with van der Waals surface area (Å²) in [6.45, 7) is 3.76. The predicted octanol–water partition coefficient (Wildman–Crippen LogP) is 3.90. The van der Waals surface area contributed by atoms with Gasteiger partial charge >= 0.3 is 11.6 Å². The van der Waals surface area contributed by atoms with Gasteiger partial charge in [-0.3, -0.25) is 30.1 Å². The van der Waals surface area contributed by atoms with E-state index in [1.54, 1.807) is 12.1 Å². The van der Waals surface area contributed by atoms with Crippen molar-refractivity contribution in [3.05, 3.63) is 73.4 Å². The van der Waals surface area contributed by atoms with Gasteiger partial charge in [0, 0.05) is 12.1 Å². The van der Waals surface area contributed by atoms with Crippen LogP contribution in [-0.2, 0) is 0 Å². The number of rotatable bonds is 7. The Hall–Kier alpha value is -4.48. The van der Waals surface area contributed by atoms with Gasteiger partial charge in [0.15, 0.2) is 0 Å². The molecule has 0 atom stereocenters. The van der Waals surface area contributed by atoms with Gasteiger partial charge in [0.2, 0.25) is 5.69 Å². The Kier molecular flexibility index (Phi) is 5.81. The molecule has 160 valence electrons. The third-order valence-corrected chi connectivity index (χ3v) is 4.10. The van der Waals surface area contributed by atoms with Gasteiger partial charge in [0.1, 0.15) is 11.5 Å². The van der Waals surface area contributed by atoms with Gasteiger partial charge in [0.25, 0.3) is 11.6 Å². The fourth-order valence-corrected chi connectivity index (χ4v) is 2.93. The van der Waals surface area contributed by atoms with Crippen LogP contribution in [0.25, 0.3) is 0 Å². The molecule has 3 aromatic rings. The standard InChI is InChI=1S/C19H17N5O7/c1-10-4-11(2)6-14(5-10)31-15-8-12(7-13(9-15)23(26)27)20-18(25)16-17(24(28)29)19(30-3)22-21-16/h4-9H,1-3H3,(H,20,25)(H,21,22). The van der Waals surface area contributed by atoms with E-state index in [1.807, 2.05) is 19.9 Å². The Morgan fingerprint density at radius 2 is 1.65 bits per heavy atom. The quantitative estimate of drug-likeness (QED) is 0.423. The zero-order valence-corrected chi connectivity index (χ0v) is 16.7. The Balaban J connectivity index is 1.94. The second kappa shape index (κ2) is 8.49. The number of nitro benzene ring substituents is 1. The van der Waals surface area contributed by atoms with Crippen LogP contribution in [-0.4, -0.2) is 33.1 Å². The highest BCUT2D eigenvalue weighted by molar-refractivity contribution is 6.06. The second-order valence-electron chi connectivity index (χ2n) is 6.57. The predicted molar refractivity (Wildman–Crippen MR) is 109 cm³/mol. The molecule has 0 aliphatic rings. The molecule has 0 radical (unpaired) electrons. The van der Waals surface area contributed by atoms with E-state index in [-0.39, 0.29) is 23.0 Å². The largest absolute Gasteiger partial charge is 0.475 e. The van der Waals surface area contributed by atoms with E-state index < -0.39 is 27.1 Å². The van der Waals surface area contributed by atoms with E-state index in [9.17, 15) is 25.0 Å². The smallest absolute Gasteiger partial charge is 0.362 e. The lowest BCUT2D eigenvalue weighted by molar-refractivity contribution is -0.386. The molecule has 31 heavy (non-hydrogen) atoms. The minimum Gasteiger partial charge on any atom is -0.475 e. The highest BCUT2D eigenvalue weighted by Gasteiger charge is 2.30. The van der Waals surface area contributed by atoms with E-state index in [0.29, 0.717) is 5.75 Å². The Bertz CT molecular complexity index is 1170. The van der Waals surface area contributed by atoms with Gasteiger partial charge in [-0.2, -0.15) is 0 Å². The maximum Gasteiger partial charge on any atom is 0.362 e. The van der Waals surface area contributed by atoms with Crippen molar-refractivity contribution >= 4 is 23.0 Å². The summed E-state index contributed by atoms with van der Waals surface area (Å²) in [5.41, 5.74) is 0.418. The number of amides is 1. The lowest BCUT2D eigenvalue weighted by atomic mass is 10.1. The van der Waals surface area contributed by atoms with Gasteiger partial charge in [-0.15, -0.1) is 5.10 Å². The van der Waals surface area contributed by atoms with Crippen LogP contribution in [0.2, 0.25) is 0 Å². The van der Waals surface area contributed by atoms with Crippen molar-refractivity contribution in [2.24, 2.45) is 0 Å². The summed E-state index contributed by atoms with van der Waals surface area (Å²) in [5.74, 6) is -0.733. The number of nitro groups is 2. The number of carbonyl (C=O) groups is 1. The lowest BCUT2D eigenvalue weighted by Crippen LogP contribution is -2.14. The molecule has 0 bridgehead atoms. The molecule has 0 spiro atoms. The molecule has 12 heteroatoms. The molecule has 0 aliphatic carbocycles. The lowest BCUT2D eigenvalue weighted by Gasteiger charge is -2.10. The SMILES string of the molecule is COc1n[nH]c(C(=O)Nc2cc(Oc3cc(C)cc(C)c3)cc([N+](=O)[O-])c2)c1[N+](=O)[O-]. The summed E-state index contributed by atoms with van der Waals surface area (Å²) < 4.78 is 10.5. The van der Waals surface area contributed by atoms with Crippen molar-refractivity contribution in [2.45, 2.75) is 13.8 Å². The highest BCUT2D eigenvalue weighted by atomic mass is 16.6. The van der Waals surface area contributed by atoms with Crippen LogP contribution >= 0.6 is 0 Å². The monoisotopic (exact) mass is 427 g/mol.